The van der Waals surface area contributed by atoms with Crippen LogP contribution in [0, 0.1) is 0 Å². The minimum atomic E-state index is -1.14. The molecule has 6 heteroatoms. The van der Waals surface area contributed by atoms with Gasteiger partial charge in [-0.2, -0.15) is 0 Å². The number of rotatable bonds is 4. The van der Waals surface area contributed by atoms with Crippen molar-refractivity contribution in [2.75, 3.05) is 6.61 Å². The van der Waals surface area contributed by atoms with E-state index in [1.807, 2.05) is 6.07 Å². The van der Waals surface area contributed by atoms with Crippen LogP contribution in [0.5, 0.6) is 0 Å². The van der Waals surface area contributed by atoms with Crippen molar-refractivity contribution in [2.45, 2.75) is 57.4 Å². The van der Waals surface area contributed by atoms with Gasteiger partial charge < -0.3 is 10.4 Å². The average molecular weight is 363 g/mol. The lowest BCUT2D eigenvalue weighted by atomic mass is 9.95. The zero-order valence-corrected chi connectivity index (χ0v) is 16.7. The Morgan fingerprint density at radius 3 is 2.88 bits per heavy atom. The number of nitrogens with one attached hydrogen (secondary N) is 1. The zero-order chi connectivity index (χ0) is 17.5. The van der Waals surface area contributed by atoms with E-state index in [9.17, 15) is 4.79 Å². The maximum absolute atomic E-state index is 12.3. The molecule has 0 radical (unpaired) electrons. The van der Waals surface area contributed by atoms with Crippen LogP contribution in [-0.4, -0.2) is 36.7 Å². The van der Waals surface area contributed by atoms with Crippen molar-refractivity contribution in [1.29, 1.82) is 0 Å². The third-order valence-electron chi connectivity index (χ3n) is 4.97. The van der Waals surface area contributed by atoms with Gasteiger partial charge in [-0.3, -0.25) is 4.79 Å². The summed E-state index contributed by atoms with van der Waals surface area (Å²) in [5, 5.41) is 13.0. The normalized spacial score (nSPS) is 19.1. The van der Waals surface area contributed by atoms with Gasteiger partial charge in [-0.15, -0.1) is 11.3 Å². The second-order valence-electron chi connectivity index (χ2n) is 7.96. The smallest absolute Gasteiger partial charge is 0.261 e. The number of aromatic nitrogens is 1. The van der Waals surface area contributed by atoms with Crippen molar-refractivity contribution < 1.29 is 9.90 Å². The molecule has 1 aliphatic rings. The van der Waals surface area contributed by atoms with E-state index in [4.69, 9.17) is 10.1 Å². The zero-order valence-electron chi connectivity index (χ0n) is 14.8. The summed E-state index contributed by atoms with van der Waals surface area (Å²) in [6, 6.07) is 3.94. The van der Waals surface area contributed by atoms with Gasteiger partial charge in [0.1, 0.15) is 4.83 Å². The molecule has 2 aromatic heterocycles. The molecule has 3 rings (SSSR count). The van der Waals surface area contributed by atoms with Gasteiger partial charge >= 0.3 is 0 Å². The maximum Gasteiger partial charge on any atom is 0.261 e. The van der Waals surface area contributed by atoms with Crippen LogP contribution in [0.4, 0.5) is 0 Å². The van der Waals surface area contributed by atoms with Gasteiger partial charge in [0, 0.05) is 25.2 Å². The quantitative estimate of drug-likeness (QED) is 0.817. The van der Waals surface area contributed by atoms with Crippen molar-refractivity contribution in [3.63, 3.8) is 0 Å². The first-order valence-corrected chi connectivity index (χ1v) is 13.0. The minimum Gasteiger partial charge on any atom is -0.394 e. The highest BCUT2D eigenvalue weighted by Gasteiger charge is 2.31. The molecule has 130 valence electrons. The van der Waals surface area contributed by atoms with Crippen molar-refractivity contribution in [2.24, 2.45) is 0 Å². The lowest BCUT2D eigenvalue weighted by molar-refractivity contribution is 0.0926. The number of pyridine rings is 1. The van der Waals surface area contributed by atoms with Gasteiger partial charge in [0.15, 0.2) is 0 Å². The molecule has 2 atom stereocenters. The predicted octanol–water partition coefficient (Wildman–Crippen LogP) is 3.60. The van der Waals surface area contributed by atoms with E-state index in [1.54, 1.807) is 6.92 Å². The Kier molecular flexibility index (Phi) is 4.82. The van der Waals surface area contributed by atoms with E-state index >= 15 is 0 Å². The van der Waals surface area contributed by atoms with E-state index in [2.05, 4.69) is 31.0 Å². The molecule has 2 N–H and O–H groups in total. The summed E-state index contributed by atoms with van der Waals surface area (Å²) in [7, 11) is -1.14. The number of aliphatic hydroxyl groups is 1. The number of hydrogen-bond acceptors (Lipinski definition) is 4. The van der Waals surface area contributed by atoms with E-state index in [0.29, 0.717) is 4.88 Å². The highest BCUT2D eigenvalue weighted by Crippen LogP contribution is 2.37. The highest BCUT2D eigenvalue weighted by atomic mass is 32.1. The molecule has 0 saturated carbocycles. The molecular formula is C18H26N2O2SSi. The molecule has 0 aromatic carbocycles. The molecular weight excluding hydrogens is 336 g/mol. The van der Waals surface area contributed by atoms with Crippen LogP contribution in [-0.2, 0) is 12.8 Å². The van der Waals surface area contributed by atoms with Gasteiger partial charge in [-0.05, 0) is 49.4 Å². The number of amides is 1. The lowest BCUT2D eigenvalue weighted by Gasteiger charge is -2.33. The standard InChI is InChI=1S/C18H26N2O2SSi/c1-11(10-21)19-17(22)16-9-13-7-12-8-14(24(2,3)4)5-6-15(12)20-18(13)23-16/h7,9,11,14,21H,5-6,8,10H2,1-4H3,(H,19,22). The Labute approximate surface area is 148 Å². The maximum atomic E-state index is 12.3. The van der Waals surface area contributed by atoms with Crippen molar-refractivity contribution in [3.8, 4) is 0 Å². The SMILES string of the molecule is CC(CO)NC(=O)c1cc2cc3c(nc2s1)CCC([Si](C)(C)C)C3. The summed E-state index contributed by atoms with van der Waals surface area (Å²) in [4.78, 5) is 18.7. The van der Waals surface area contributed by atoms with Gasteiger partial charge in [-0.25, -0.2) is 4.98 Å². The number of hydrogen-bond donors (Lipinski definition) is 2. The Morgan fingerprint density at radius 1 is 1.46 bits per heavy atom. The molecule has 2 aromatic rings. The fraction of sp³-hybridized carbons (Fsp3) is 0.556. The summed E-state index contributed by atoms with van der Waals surface area (Å²) in [5.41, 5.74) is 3.40. The van der Waals surface area contributed by atoms with Gasteiger partial charge in [-0.1, -0.05) is 19.6 Å². The number of thiophene rings is 1. The van der Waals surface area contributed by atoms with Crippen LogP contribution >= 0.6 is 11.3 Å². The summed E-state index contributed by atoms with van der Waals surface area (Å²) in [5.74, 6) is -0.127. The number of carbonyl (C=O) groups is 1. The van der Waals surface area contributed by atoms with Crippen LogP contribution in [0.25, 0.3) is 10.2 Å². The summed E-state index contributed by atoms with van der Waals surface area (Å²) in [6.07, 6.45) is 3.43. The minimum absolute atomic E-state index is 0.0543. The molecule has 24 heavy (non-hydrogen) atoms. The molecule has 0 aliphatic heterocycles. The van der Waals surface area contributed by atoms with Crippen molar-refractivity contribution >= 4 is 35.5 Å². The second-order valence-corrected chi connectivity index (χ2v) is 14.5. The number of aryl methyl sites for hydroxylation is 1. The molecule has 0 bridgehead atoms. The third kappa shape index (κ3) is 3.55. The predicted molar refractivity (Wildman–Crippen MR) is 103 cm³/mol. The fourth-order valence-corrected chi connectivity index (χ4v) is 6.10. The molecule has 1 aliphatic carbocycles. The van der Waals surface area contributed by atoms with Crippen LogP contribution in [0.15, 0.2) is 12.1 Å². The molecule has 0 saturated heterocycles. The number of carbonyl (C=O) groups excluding carboxylic acids is 1. The molecule has 4 nitrogen and oxygen atoms in total. The topological polar surface area (TPSA) is 62.2 Å². The first-order chi connectivity index (χ1) is 11.3. The summed E-state index contributed by atoms with van der Waals surface area (Å²) in [6.45, 7) is 9.08. The monoisotopic (exact) mass is 362 g/mol. The van der Waals surface area contributed by atoms with Crippen molar-refractivity contribution in [1.82, 2.24) is 10.3 Å². The number of fused-ring (bicyclic) bond motifs is 2. The van der Waals surface area contributed by atoms with Gasteiger partial charge in [0.05, 0.1) is 11.5 Å². The average Bonchev–Trinajstić information content (AvgIpc) is 2.93. The van der Waals surface area contributed by atoms with E-state index in [0.717, 1.165) is 28.6 Å². The highest BCUT2D eigenvalue weighted by molar-refractivity contribution is 7.20. The Balaban J connectivity index is 1.88. The van der Waals surface area contributed by atoms with Crippen molar-refractivity contribution in [3.05, 3.63) is 28.3 Å². The number of nitrogens with zero attached hydrogens (tertiary/aromatic N) is 1. The second kappa shape index (κ2) is 6.58. The molecule has 2 heterocycles. The largest absolute Gasteiger partial charge is 0.394 e. The Morgan fingerprint density at radius 2 is 2.21 bits per heavy atom. The van der Waals surface area contributed by atoms with Crippen LogP contribution in [0.1, 0.15) is 34.3 Å². The Hall–Kier alpha value is -1.24. The van der Waals surface area contributed by atoms with E-state index < -0.39 is 8.07 Å². The van der Waals surface area contributed by atoms with Gasteiger partial charge in [0.2, 0.25) is 0 Å². The van der Waals surface area contributed by atoms with Gasteiger partial charge in [0.25, 0.3) is 5.91 Å². The molecule has 0 spiro atoms. The van der Waals surface area contributed by atoms with Crippen LogP contribution in [0.3, 0.4) is 0 Å². The lowest BCUT2D eigenvalue weighted by Crippen LogP contribution is -2.34. The first kappa shape index (κ1) is 17.6. The van der Waals surface area contributed by atoms with Crippen LogP contribution < -0.4 is 5.32 Å². The van der Waals surface area contributed by atoms with E-state index in [1.165, 1.54) is 29.0 Å². The summed E-state index contributed by atoms with van der Waals surface area (Å²) < 4.78 is 0. The molecule has 1 amide bonds. The van der Waals surface area contributed by atoms with Crippen LogP contribution in [0.2, 0.25) is 25.2 Å². The first-order valence-electron chi connectivity index (χ1n) is 8.62. The fourth-order valence-electron chi connectivity index (χ4n) is 3.32. The van der Waals surface area contributed by atoms with E-state index in [-0.39, 0.29) is 18.6 Å². The Bertz CT molecular complexity index is 766. The number of aliphatic hydroxyl groups excluding tert-OH is 1. The molecule has 0 fully saturated rings. The molecule has 2 unspecified atom stereocenters. The summed E-state index contributed by atoms with van der Waals surface area (Å²) >= 11 is 1.44. The third-order valence-corrected chi connectivity index (χ3v) is 8.96.